The van der Waals surface area contributed by atoms with E-state index in [-0.39, 0.29) is 12.2 Å². The molecule has 0 aromatic carbocycles. The Labute approximate surface area is 83.9 Å². The molecule has 0 spiro atoms. The van der Waals surface area contributed by atoms with Gasteiger partial charge in [-0.25, -0.2) is 0 Å². The Morgan fingerprint density at radius 3 is 1.62 bits per heavy atom. The van der Waals surface area contributed by atoms with E-state index in [1.165, 1.54) is 0 Å². The summed E-state index contributed by atoms with van der Waals surface area (Å²) in [5.74, 6) is 0. The zero-order valence-corrected chi connectivity index (χ0v) is 10.9. The van der Waals surface area contributed by atoms with E-state index in [1.54, 1.807) is 0 Å². The highest BCUT2D eigenvalue weighted by Crippen LogP contribution is 2.19. The highest BCUT2D eigenvalue weighted by molar-refractivity contribution is 6.66. The zero-order valence-electron chi connectivity index (χ0n) is 9.89. The minimum absolute atomic E-state index is 0.280. The summed E-state index contributed by atoms with van der Waals surface area (Å²) < 4.78 is 11.8. The van der Waals surface area contributed by atoms with Crippen molar-refractivity contribution in [1.82, 2.24) is 0 Å². The summed E-state index contributed by atoms with van der Waals surface area (Å²) in [5, 5.41) is 0. The van der Waals surface area contributed by atoms with E-state index < -0.39 is 8.56 Å². The predicted octanol–water partition coefficient (Wildman–Crippen LogP) is 3.32. The maximum atomic E-state index is 5.91. The number of rotatable bonds is 6. The van der Waals surface area contributed by atoms with Crippen molar-refractivity contribution in [2.75, 3.05) is 0 Å². The molecule has 0 rings (SSSR count). The Morgan fingerprint density at radius 1 is 1.00 bits per heavy atom. The Bertz CT molecular complexity index is 125. The van der Waals surface area contributed by atoms with Gasteiger partial charge in [-0.05, 0) is 40.3 Å². The SMILES string of the molecule is CCC[Si](C)(OC(C)C)OC(C)C. The van der Waals surface area contributed by atoms with Gasteiger partial charge in [0.2, 0.25) is 0 Å². The van der Waals surface area contributed by atoms with Crippen LogP contribution in [0.4, 0.5) is 0 Å². The smallest absolute Gasteiger partial charge is 0.335 e. The van der Waals surface area contributed by atoms with Gasteiger partial charge in [0.25, 0.3) is 0 Å². The minimum Gasteiger partial charge on any atom is -0.392 e. The molecule has 0 heterocycles. The average molecular weight is 204 g/mol. The fourth-order valence-corrected chi connectivity index (χ4v) is 4.79. The lowest BCUT2D eigenvalue weighted by atomic mass is 10.5. The molecule has 0 aliphatic heterocycles. The summed E-state index contributed by atoms with van der Waals surface area (Å²) in [6.07, 6.45) is 1.70. The van der Waals surface area contributed by atoms with E-state index in [1.807, 2.05) is 0 Å². The molecule has 0 aliphatic rings. The third-order valence-electron chi connectivity index (χ3n) is 1.67. The highest BCUT2D eigenvalue weighted by Gasteiger charge is 2.32. The molecule has 0 bridgehead atoms. The fraction of sp³-hybridized carbons (Fsp3) is 1.00. The van der Waals surface area contributed by atoms with Crippen LogP contribution in [-0.4, -0.2) is 20.8 Å². The highest BCUT2D eigenvalue weighted by atomic mass is 28.4. The Morgan fingerprint density at radius 2 is 1.38 bits per heavy atom. The monoisotopic (exact) mass is 204 g/mol. The van der Waals surface area contributed by atoms with E-state index >= 15 is 0 Å². The average Bonchev–Trinajstić information content (AvgIpc) is 1.81. The van der Waals surface area contributed by atoms with Crippen molar-refractivity contribution in [3.63, 3.8) is 0 Å². The van der Waals surface area contributed by atoms with Crippen molar-refractivity contribution < 1.29 is 8.85 Å². The van der Waals surface area contributed by atoms with Gasteiger partial charge >= 0.3 is 8.56 Å². The van der Waals surface area contributed by atoms with Crippen LogP contribution in [0, 0.1) is 0 Å². The van der Waals surface area contributed by atoms with Crippen molar-refractivity contribution >= 4 is 8.56 Å². The molecule has 0 amide bonds. The van der Waals surface area contributed by atoms with Gasteiger partial charge in [-0.2, -0.15) is 0 Å². The molecule has 0 fully saturated rings. The van der Waals surface area contributed by atoms with E-state index in [4.69, 9.17) is 8.85 Å². The largest absolute Gasteiger partial charge is 0.392 e. The molecule has 0 atom stereocenters. The maximum Gasteiger partial charge on any atom is 0.335 e. The summed E-state index contributed by atoms with van der Waals surface area (Å²) in [6, 6.07) is 1.09. The summed E-state index contributed by atoms with van der Waals surface area (Å²) in [5.41, 5.74) is 0. The van der Waals surface area contributed by atoms with Crippen LogP contribution in [0.3, 0.4) is 0 Å². The Hall–Kier alpha value is 0.137. The molecule has 0 aliphatic carbocycles. The maximum absolute atomic E-state index is 5.91. The zero-order chi connectivity index (χ0) is 10.5. The van der Waals surface area contributed by atoms with Crippen LogP contribution in [0.1, 0.15) is 41.0 Å². The second-order valence-electron chi connectivity index (χ2n) is 4.22. The summed E-state index contributed by atoms with van der Waals surface area (Å²) in [6.45, 7) is 12.6. The molecule has 0 aromatic heterocycles. The second-order valence-corrected chi connectivity index (χ2v) is 7.46. The first kappa shape index (κ1) is 13.1. The van der Waals surface area contributed by atoms with Crippen LogP contribution in [0.25, 0.3) is 0 Å². The molecule has 13 heavy (non-hydrogen) atoms. The molecule has 80 valence electrons. The lowest BCUT2D eigenvalue weighted by molar-refractivity contribution is 0.109. The van der Waals surface area contributed by atoms with E-state index in [9.17, 15) is 0 Å². The molecule has 0 unspecified atom stereocenters. The molecule has 0 aromatic rings. The van der Waals surface area contributed by atoms with Gasteiger partial charge in [-0.1, -0.05) is 13.3 Å². The summed E-state index contributed by atoms with van der Waals surface area (Å²) in [4.78, 5) is 0. The standard InChI is InChI=1S/C10H24O2Si/c1-7-8-13(6,11-9(2)3)12-10(4)5/h9-10H,7-8H2,1-6H3. The normalized spacial score (nSPS) is 12.9. The lowest BCUT2D eigenvalue weighted by Gasteiger charge is -2.30. The van der Waals surface area contributed by atoms with Crippen LogP contribution in [-0.2, 0) is 8.85 Å². The first-order chi connectivity index (χ1) is 5.89. The Kier molecular flexibility index (Phi) is 5.84. The van der Waals surface area contributed by atoms with Gasteiger partial charge in [-0.15, -0.1) is 0 Å². The molecule has 0 saturated carbocycles. The van der Waals surface area contributed by atoms with Gasteiger partial charge in [0.1, 0.15) is 0 Å². The molecule has 2 nitrogen and oxygen atoms in total. The number of hydrogen-bond donors (Lipinski definition) is 0. The van der Waals surface area contributed by atoms with E-state index in [0.29, 0.717) is 0 Å². The van der Waals surface area contributed by atoms with Crippen LogP contribution < -0.4 is 0 Å². The van der Waals surface area contributed by atoms with E-state index in [0.717, 1.165) is 12.5 Å². The quantitative estimate of drug-likeness (QED) is 0.618. The van der Waals surface area contributed by atoms with Gasteiger partial charge in [0.05, 0.1) is 0 Å². The van der Waals surface area contributed by atoms with Gasteiger partial charge in [-0.3, -0.25) is 0 Å². The molecule has 3 heteroatoms. The topological polar surface area (TPSA) is 18.5 Å². The molecular formula is C10H24O2Si. The predicted molar refractivity (Wildman–Crippen MR) is 59.2 cm³/mol. The van der Waals surface area contributed by atoms with Gasteiger partial charge < -0.3 is 8.85 Å². The van der Waals surface area contributed by atoms with Crippen LogP contribution in [0.15, 0.2) is 0 Å². The third-order valence-corrected chi connectivity index (χ3v) is 5.02. The van der Waals surface area contributed by atoms with Crippen molar-refractivity contribution in [3.8, 4) is 0 Å². The lowest BCUT2D eigenvalue weighted by Crippen LogP contribution is -2.42. The first-order valence-corrected chi connectivity index (χ1v) is 7.77. The molecular weight excluding hydrogens is 180 g/mol. The summed E-state index contributed by atoms with van der Waals surface area (Å²) in [7, 11) is -1.88. The number of hydrogen-bond acceptors (Lipinski definition) is 2. The Balaban J connectivity index is 4.15. The molecule has 0 saturated heterocycles. The van der Waals surface area contributed by atoms with Gasteiger partial charge in [0, 0.05) is 12.2 Å². The second kappa shape index (κ2) is 5.78. The van der Waals surface area contributed by atoms with Crippen LogP contribution in [0.5, 0.6) is 0 Å². The van der Waals surface area contributed by atoms with Crippen LogP contribution in [0.2, 0.25) is 12.6 Å². The minimum atomic E-state index is -1.88. The van der Waals surface area contributed by atoms with Crippen molar-refractivity contribution in [2.45, 2.75) is 65.8 Å². The third kappa shape index (κ3) is 6.24. The molecule has 0 radical (unpaired) electrons. The van der Waals surface area contributed by atoms with Crippen molar-refractivity contribution in [2.24, 2.45) is 0 Å². The first-order valence-electron chi connectivity index (χ1n) is 5.25. The van der Waals surface area contributed by atoms with Gasteiger partial charge in [0.15, 0.2) is 0 Å². The fourth-order valence-electron chi connectivity index (χ4n) is 1.60. The van der Waals surface area contributed by atoms with E-state index in [2.05, 4.69) is 41.2 Å². The molecule has 0 N–H and O–H groups in total. The van der Waals surface area contributed by atoms with Crippen molar-refractivity contribution in [1.29, 1.82) is 0 Å². The summed E-state index contributed by atoms with van der Waals surface area (Å²) >= 11 is 0. The van der Waals surface area contributed by atoms with Crippen molar-refractivity contribution in [3.05, 3.63) is 0 Å². The van der Waals surface area contributed by atoms with Crippen LogP contribution >= 0.6 is 0 Å².